The van der Waals surface area contributed by atoms with Crippen molar-refractivity contribution in [1.82, 2.24) is 10.6 Å². The Hall–Kier alpha value is -1.52. The molecule has 126 valence electrons. The van der Waals surface area contributed by atoms with Gasteiger partial charge in [-0.05, 0) is 50.4 Å². The molecule has 0 spiro atoms. The molecule has 0 aromatic rings. The fraction of sp³-hybridized carbons (Fsp3) is 0.765. The molecule has 0 aliphatic heterocycles. The summed E-state index contributed by atoms with van der Waals surface area (Å²) in [5, 5.41) is 5.59. The Morgan fingerprint density at radius 2 is 1.82 bits per heavy atom. The summed E-state index contributed by atoms with van der Waals surface area (Å²) in [5.74, 6) is 1.76. The predicted molar refractivity (Wildman–Crippen MR) is 87.5 cm³/mol. The number of rotatable bonds is 7. The predicted octanol–water partition coefficient (Wildman–Crippen LogP) is 2.87. The molecule has 22 heavy (non-hydrogen) atoms. The van der Waals surface area contributed by atoms with E-state index >= 15 is 0 Å². The molecule has 1 rings (SSSR count). The number of urea groups is 1. The quantitative estimate of drug-likeness (QED) is 0.432. The van der Waals surface area contributed by atoms with Crippen molar-refractivity contribution in [3.05, 3.63) is 12.2 Å². The molecule has 0 saturated heterocycles. The fourth-order valence-electron chi connectivity index (χ4n) is 2.79. The van der Waals surface area contributed by atoms with Crippen LogP contribution < -0.4 is 10.6 Å². The summed E-state index contributed by atoms with van der Waals surface area (Å²) in [6.07, 6.45) is 4.92. The van der Waals surface area contributed by atoms with Crippen LogP contribution in [0.3, 0.4) is 0 Å². The van der Waals surface area contributed by atoms with E-state index in [-0.39, 0.29) is 12.6 Å². The number of carbonyl (C=O) groups is 2. The molecule has 1 fully saturated rings. The van der Waals surface area contributed by atoms with Crippen molar-refractivity contribution in [3.63, 3.8) is 0 Å². The average Bonchev–Trinajstić information content (AvgIpc) is 2.49. The van der Waals surface area contributed by atoms with Crippen molar-refractivity contribution >= 4 is 12.0 Å². The van der Waals surface area contributed by atoms with Crippen molar-refractivity contribution in [1.29, 1.82) is 0 Å². The van der Waals surface area contributed by atoms with E-state index in [0.29, 0.717) is 18.0 Å². The zero-order chi connectivity index (χ0) is 16.5. The van der Waals surface area contributed by atoms with Crippen LogP contribution in [0.4, 0.5) is 4.79 Å². The Morgan fingerprint density at radius 1 is 1.18 bits per heavy atom. The van der Waals surface area contributed by atoms with Crippen LogP contribution in [0.5, 0.6) is 0 Å². The number of nitrogens with one attached hydrogen (secondary N) is 2. The standard InChI is InChI=1S/C17H30N2O3/c1-12(2)15-7-5-14(6-8-15)11-19-17(21)18-9-10-22-16(20)13(3)4/h12,14-15H,3,5-11H2,1-2,4H3,(H2,18,19,21). The van der Waals surface area contributed by atoms with Crippen molar-refractivity contribution in [2.24, 2.45) is 17.8 Å². The molecule has 0 radical (unpaired) electrons. The van der Waals surface area contributed by atoms with E-state index in [0.717, 1.165) is 18.4 Å². The molecule has 0 heterocycles. The summed E-state index contributed by atoms with van der Waals surface area (Å²) in [4.78, 5) is 22.8. The van der Waals surface area contributed by atoms with Gasteiger partial charge in [0.15, 0.2) is 0 Å². The number of carbonyl (C=O) groups excluding carboxylic acids is 2. The highest BCUT2D eigenvalue weighted by Crippen LogP contribution is 2.32. The second-order valence-corrected chi connectivity index (χ2v) is 6.58. The van der Waals surface area contributed by atoms with Crippen LogP contribution in [0.2, 0.25) is 0 Å². The zero-order valence-electron chi connectivity index (χ0n) is 14.1. The number of ether oxygens (including phenoxy) is 1. The lowest BCUT2D eigenvalue weighted by Gasteiger charge is -2.30. The average molecular weight is 310 g/mol. The van der Waals surface area contributed by atoms with Crippen LogP contribution in [-0.4, -0.2) is 31.7 Å². The molecule has 2 amide bonds. The number of hydrogen-bond donors (Lipinski definition) is 2. The maximum absolute atomic E-state index is 11.7. The van der Waals surface area contributed by atoms with Crippen molar-refractivity contribution in [2.75, 3.05) is 19.7 Å². The topological polar surface area (TPSA) is 67.4 Å². The normalized spacial score (nSPS) is 21.3. The minimum Gasteiger partial charge on any atom is -0.460 e. The molecule has 1 aliphatic carbocycles. The van der Waals surface area contributed by atoms with E-state index in [1.807, 2.05) is 0 Å². The fourth-order valence-corrected chi connectivity index (χ4v) is 2.79. The van der Waals surface area contributed by atoms with Crippen LogP contribution in [0.15, 0.2) is 12.2 Å². The van der Waals surface area contributed by atoms with Gasteiger partial charge in [0.2, 0.25) is 0 Å². The zero-order valence-corrected chi connectivity index (χ0v) is 14.1. The molecule has 2 N–H and O–H groups in total. The maximum Gasteiger partial charge on any atom is 0.333 e. The molecule has 0 unspecified atom stereocenters. The Balaban J connectivity index is 2.07. The molecular formula is C17H30N2O3. The highest BCUT2D eigenvalue weighted by atomic mass is 16.5. The Labute approximate surface area is 133 Å². The molecule has 0 aromatic heterocycles. The first-order valence-corrected chi connectivity index (χ1v) is 8.24. The Kier molecular flexibility index (Phi) is 7.99. The minimum atomic E-state index is -0.427. The minimum absolute atomic E-state index is 0.165. The molecule has 0 aromatic carbocycles. The number of hydrogen-bond acceptors (Lipinski definition) is 3. The van der Waals surface area contributed by atoms with Gasteiger partial charge in [-0.1, -0.05) is 20.4 Å². The van der Waals surface area contributed by atoms with Gasteiger partial charge < -0.3 is 15.4 Å². The third-order valence-corrected chi connectivity index (χ3v) is 4.35. The Bertz CT molecular complexity index is 385. The second-order valence-electron chi connectivity index (χ2n) is 6.58. The number of esters is 1. The summed E-state index contributed by atoms with van der Waals surface area (Å²) >= 11 is 0. The second kappa shape index (κ2) is 9.49. The van der Waals surface area contributed by atoms with Gasteiger partial charge in [0, 0.05) is 12.1 Å². The SMILES string of the molecule is C=C(C)C(=O)OCCNC(=O)NCC1CCC(C(C)C)CC1. The summed E-state index contributed by atoms with van der Waals surface area (Å²) in [6.45, 7) is 10.9. The number of amides is 2. The van der Waals surface area contributed by atoms with Gasteiger partial charge >= 0.3 is 12.0 Å². The van der Waals surface area contributed by atoms with Crippen LogP contribution in [0, 0.1) is 17.8 Å². The smallest absolute Gasteiger partial charge is 0.333 e. The van der Waals surface area contributed by atoms with Crippen LogP contribution in [-0.2, 0) is 9.53 Å². The molecule has 5 heteroatoms. The molecular weight excluding hydrogens is 280 g/mol. The summed E-state index contributed by atoms with van der Waals surface area (Å²) in [7, 11) is 0. The van der Waals surface area contributed by atoms with Gasteiger partial charge in [0.1, 0.15) is 6.61 Å². The summed E-state index contributed by atoms with van der Waals surface area (Å²) in [6, 6.07) is -0.197. The highest BCUT2D eigenvalue weighted by molar-refractivity contribution is 5.86. The lowest BCUT2D eigenvalue weighted by atomic mass is 9.77. The van der Waals surface area contributed by atoms with E-state index < -0.39 is 5.97 Å². The third kappa shape index (κ3) is 6.96. The molecule has 1 aliphatic rings. The van der Waals surface area contributed by atoms with E-state index in [2.05, 4.69) is 31.1 Å². The molecule has 0 atom stereocenters. The van der Waals surface area contributed by atoms with Crippen LogP contribution >= 0.6 is 0 Å². The van der Waals surface area contributed by atoms with Crippen molar-refractivity contribution in [3.8, 4) is 0 Å². The van der Waals surface area contributed by atoms with E-state index in [4.69, 9.17) is 4.74 Å². The third-order valence-electron chi connectivity index (χ3n) is 4.35. The monoisotopic (exact) mass is 310 g/mol. The van der Waals surface area contributed by atoms with Gasteiger partial charge in [-0.2, -0.15) is 0 Å². The first kappa shape index (κ1) is 18.5. The van der Waals surface area contributed by atoms with E-state index in [1.165, 1.54) is 25.7 Å². The summed E-state index contributed by atoms with van der Waals surface area (Å²) < 4.78 is 4.90. The van der Waals surface area contributed by atoms with Crippen LogP contribution in [0.1, 0.15) is 46.5 Å². The Morgan fingerprint density at radius 3 is 2.36 bits per heavy atom. The van der Waals surface area contributed by atoms with E-state index in [9.17, 15) is 9.59 Å². The highest BCUT2D eigenvalue weighted by Gasteiger charge is 2.23. The molecule has 1 saturated carbocycles. The lowest BCUT2D eigenvalue weighted by Crippen LogP contribution is -2.40. The van der Waals surface area contributed by atoms with Gasteiger partial charge in [0.25, 0.3) is 0 Å². The maximum atomic E-state index is 11.7. The first-order valence-electron chi connectivity index (χ1n) is 8.24. The molecule has 5 nitrogen and oxygen atoms in total. The van der Waals surface area contributed by atoms with Gasteiger partial charge in [-0.25, -0.2) is 9.59 Å². The lowest BCUT2D eigenvalue weighted by molar-refractivity contribution is -0.138. The van der Waals surface area contributed by atoms with E-state index in [1.54, 1.807) is 6.92 Å². The molecule has 0 bridgehead atoms. The largest absolute Gasteiger partial charge is 0.460 e. The summed E-state index contributed by atoms with van der Waals surface area (Å²) in [5.41, 5.74) is 0.362. The van der Waals surface area contributed by atoms with Gasteiger partial charge in [-0.15, -0.1) is 0 Å². The van der Waals surface area contributed by atoms with Gasteiger partial charge in [0.05, 0.1) is 6.54 Å². The van der Waals surface area contributed by atoms with Crippen molar-refractivity contribution < 1.29 is 14.3 Å². The van der Waals surface area contributed by atoms with Crippen molar-refractivity contribution in [2.45, 2.75) is 46.5 Å². The van der Waals surface area contributed by atoms with Crippen LogP contribution in [0.25, 0.3) is 0 Å². The van der Waals surface area contributed by atoms with Gasteiger partial charge in [-0.3, -0.25) is 0 Å². The first-order chi connectivity index (χ1) is 10.4.